The number of thioether (sulfide) groups is 1. The van der Waals surface area contributed by atoms with Gasteiger partial charge in [0.2, 0.25) is 5.91 Å². The highest BCUT2D eigenvalue weighted by molar-refractivity contribution is 7.99. The van der Waals surface area contributed by atoms with E-state index in [1.165, 1.54) is 48.6 Å². The summed E-state index contributed by atoms with van der Waals surface area (Å²) in [6.07, 6.45) is 7.32. The van der Waals surface area contributed by atoms with Gasteiger partial charge in [-0.05, 0) is 50.8 Å². The maximum absolute atomic E-state index is 12.8. The number of hydrogen-bond donors (Lipinski definition) is 0. The number of carbonyl (C=O) groups excluding carboxylic acids is 1. The molecule has 2 aromatic rings. The molecule has 0 aliphatic heterocycles. The minimum Gasteiger partial charge on any atom is -0.342 e. The van der Waals surface area contributed by atoms with Crippen molar-refractivity contribution in [1.29, 1.82) is 0 Å². The molecule has 1 aromatic carbocycles. The predicted molar refractivity (Wildman–Crippen MR) is 111 cm³/mol. The van der Waals surface area contributed by atoms with Crippen LogP contribution in [0.2, 0.25) is 0 Å². The van der Waals surface area contributed by atoms with Crippen molar-refractivity contribution >= 4 is 17.7 Å². The van der Waals surface area contributed by atoms with Crippen LogP contribution >= 0.6 is 11.8 Å². The molecule has 0 bridgehead atoms. The van der Waals surface area contributed by atoms with Crippen LogP contribution in [0.3, 0.4) is 0 Å². The standard InChI is InChI=1S/C21H30N4OS/c1-15-11-12-16(2)19(13-15)25-17(3)22-23-21(25)27-14-20(26)24(4)18-9-7-5-6-8-10-18/h11-13,18H,5-10,14H2,1-4H3. The van der Waals surface area contributed by atoms with Gasteiger partial charge < -0.3 is 4.90 Å². The molecule has 146 valence electrons. The van der Waals surface area contributed by atoms with Crippen molar-refractivity contribution in [2.24, 2.45) is 0 Å². The van der Waals surface area contributed by atoms with Gasteiger partial charge in [-0.3, -0.25) is 9.36 Å². The monoisotopic (exact) mass is 386 g/mol. The highest BCUT2D eigenvalue weighted by atomic mass is 32.2. The lowest BCUT2D eigenvalue weighted by Gasteiger charge is -2.27. The zero-order chi connectivity index (χ0) is 19.4. The summed E-state index contributed by atoms with van der Waals surface area (Å²) >= 11 is 1.48. The number of carbonyl (C=O) groups is 1. The minimum absolute atomic E-state index is 0.181. The molecule has 6 heteroatoms. The van der Waals surface area contributed by atoms with Crippen LogP contribution < -0.4 is 0 Å². The molecule has 0 spiro atoms. The van der Waals surface area contributed by atoms with Gasteiger partial charge in [-0.1, -0.05) is 49.6 Å². The molecule has 27 heavy (non-hydrogen) atoms. The van der Waals surface area contributed by atoms with E-state index in [9.17, 15) is 4.79 Å². The normalized spacial score (nSPS) is 15.6. The van der Waals surface area contributed by atoms with E-state index in [0.717, 1.165) is 29.5 Å². The predicted octanol–water partition coefficient (Wildman–Crippen LogP) is 4.47. The quantitative estimate of drug-likeness (QED) is 0.562. The Morgan fingerprint density at radius 1 is 1.15 bits per heavy atom. The van der Waals surface area contributed by atoms with E-state index >= 15 is 0 Å². The van der Waals surface area contributed by atoms with Gasteiger partial charge in [0.25, 0.3) is 0 Å². The van der Waals surface area contributed by atoms with Crippen LogP contribution in [-0.2, 0) is 4.79 Å². The summed E-state index contributed by atoms with van der Waals surface area (Å²) in [5.74, 6) is 1.42. The first-order chi connectivity index (χ1) is 13.0. The van der Waals surface area contributed by atoms with E-state index in [-0.39, 0.29) is 5.91 Å². The van der Waals surface area contributed by atoms with E-state index < -0.39 is 0 Å². The number of hydrogen-bond acceptors (Lipinski definition) is 4. The Morgan fingerprint density at radius 2 is 1.85 bits per heavy atom. The average Bonchev–Trinajstić information content (AvgIpc) is 2.85. The third-order valence-corrected chi connectivity index (χ3v) is 6.40. The van der Waals surface area contributed by atoms with Crippen molar-refractivity contribution in [2.45, 2.75) is 70.5 Å². The van der Waals surface area contributed by atoms with Gasteiger partial charge in [-0.15, -0.1) is 10.2 Å². The fourth-order valence-electron chi connectivity index (χ4n) is 3.75. The Labute approximate surface area is 166 Å². The van der Waals surface area contributed by atoms with Gasteiger partial charge in [-0.2, -0.15) is 0 Å². The van der Waals surface area contributed by atoms with Crippen LogP contribution in [0.15, 0.2) is 23.4 Å². The molecule has 0 saturated heterocycles. The third-order valence-electron chi connectivity index (χ3n) is 5.49. The van der Waals surface area contributed by atoms with Crippen molar-refractivity contribution in [1.82, 2.24) is 19.7 Å². The first kappa shape index (κ1) is 19.9. The second-order valence-electron chi connectivity index (χ2n) is 7.59. The Morgan fingerprint density at radius 3 is 2.56 bits per heavy atom. The van der Waals surface area contributed by atoms with Gasteiger partial charge in [0.1, 0.15) is 5.82 Å². The average molecular weight is 387 g/mol. The summed E-state index contributed by atoms with van der Waals surface area (Å²) in [5, 5.41) is 9.36. The van der Waals surface area contributed by atoms with E-state index in [1.54, 1.807) is 0 Å². The van der Waals surface area contributed by atoms with Crippen molar-refractivity contribution in [3.8, 4) is 5.69 Å². The second kappa shape index (κ2) is 8.91. The first-order valence-electron chi connectivity index (χ1n) is 9.85. The maximum Gasteiger partial charge on any atom is 0.233 e. The number of nitrogens with zero attached hydrogens (tertiary/aromatic N) is 4. The Bertz CT molecular complexity index is 793. The molecule has 0 unspecified atom stereocenters. The largest absolute Gasteiger partial charge is 0.342 e. The molecule has 0 atom stereocenters. The summed E-state index contributed by atoms with van der Waals surface area (Å²) < 4.78 is 2.06. The van der Waals surface area contributed by atoms with E-state index in [4.69, 9.17) is 0 Å². The van der Waals surface area contributed by atoms with Gasteiger partial charge in [-0.25, -0.2) is 0 Å². The summed E-state index contributed by atoms with van der Waals surface area (Å²) in [6.45, 7) is 6.13. The van der Waals surface area contributed by atoms with Gasteiger partial charge in [0.05, 0.1) is 11.4 Å². The minimum atomic E-state index is 0.181. The molecule has 1 heterocycles. The van der Waals surface area contributed by atoms with Gasteiger partial charge in [0.15, 0.2) is 5.16 Å². The molecular formula is C21H30N4OS. The van der Waals surface area contributed by atoms with E-state index in [2.05, 4.69) is 46.8 Å². The van der Waals surface area contributed by atoms with Crippen LogP contribution in [0.1, 0.15) is 55.5 Å². The molecule has 1 aliphatic rings. The molecule has 5 nitrogen and oxygen atoms in total. The lowest BCUT2D eigenvalue weighted by molar-refractivity contribution is -0.129. The molecule has 1 aliphatic carbocycles. The van der Waals surface area contributed by atoms with Crippen LogP contribution in [-0.4, -0.2) is 44.4 Å². The lowest BCUT2D eigenvalue weighted by atomic mass is 10.1. The molecule has 0 radical (unpaired) electrons. The summed E-state index contributed by atoms with van der Waals surface area (Å²) in [7, 11) is 1.96. The number of rotatable bonds is 5. The van der Waals surface area contributed by atoms with Crippen LogP contribution in [0.4, 0.5) is 0 Å². The van der Waals surface area contributed by atoms with Crippen LogP contribution in [0.5, 0.6) is 0 Å². The SMILES string of the molecule is Cc1ccc(C)c(-n2c(C)nnc2SCC(=O)N(C)C2CCCCCC2)c1. The van der Waals surface area contributed by atoms with Gasteiger partial charge in [0, 0.05) is 13.1 Å². The molecule has 1 aromatic heterocycles. The van der Waals surface area contributed by atoms with E-state index in [0.29, 0.717) is 11.8 Å². The van der Waals surface area contributed by atoms with Crippen LogP contribution in [0, 0.1) is 20.8 Å². The smallest absolute Gasteiger partial charge is 0.233 e. The summed E-state index contributed by atoms with van der Waals surface area (Å²) in [4.78, 5) is 14.7. The topological polar surface area (TPSA) is 51.0 Å². The lowest BCUT2D eigenvalue weighted by Crippen LogP contribution is -2.37. The van der Waals surface area contributed by atoms with Crippen LogP contribution in [0.25, 0.3) is 5.69 Å². The highest BCUT2D eigenvalue weighted by Crippen LogP contribution is 2.26. The first-order valence-corrected chi connectivity index (χ1v) is 10.8. The molecular weight excluding hydrogens is 356 g/mol. The summed E-state index contributed by atoms with van der Waals surface area (Å²) in [6, 6.07) is 6.76. The molecule has 1 amide bonds. The summed E-state index contributed by atoms with van der Waals surface area (Å²) in [5.41, 5.74) is 3.46. The number of amides is 1. The fourth-order valence-corrected chi connectivity index (χ4v) is 4.67. The highest BCUT2D eigenvalue weighted by Gasteiger charge is 2.22. The fraction of sp³-hybridized carbons (Fsp3) is 0.571. The Kier molecular flexibility index (Phi) is 6.58. The maximum atomic E-state index is 12.8. The second-order valence-corrected chi connectivity index (χ2v) is 8.54. The molecule has 3 rings (SSSR count). The third kappa shape index (κ3) is 4.72. The molecule has 0 N–H and O–H groups in total. The Hall–Kier alpha value is -1.82. The van der Waals surface area contributed by atoms with Crippen molar-refractivity contribution in [3.63, 3.8) is 0 Å². The zero-order valence-corrected chi connectivity index (χ0v) is 17.7. The molecule has 1 saturated carbocycles. The van der Waals surface area contributed by atoms with E-state index in [1.807, 2.05) is 18.9 Å². The number of aromatic nitrogens is 3. The van der Waals surface area contributed by atoms with Crippen molar-refractivity contribution in [2.75, 3.05) is 12.8 Å². The molecule has 1 fully saturated rings. The number of benzene rings is 1. The van der Waals surface area contributed by atoms with Crippen molar-refractivity contribution < 1.29 is 4.79 Å². The van der Waals surface area contributed by atoms with Crippen molar-refractivity contribution in [3.05, 3.63) is 35.2 Å². The Balaban J connectivity index is 1.71. The van der Waals surface area contributed by atoms with Gasteiger partial charge >= 0.3 is 0 Å². The zero-order valence-electron chi connectivity index (χ0n) is 16.9. The number of aryl methyl sites for hydroxylation is 3.